The van der Waals surface area contributed by atoms with Gasteiger partial charge in [0, 0.05) is 80.3 Å². The van der Waals surface area contributed by atoms with Crippen LogP contribution in [0.4, 0.5) is 17.1 Å². The van der Waals surface area contributed by atoms with Crippen LogP contribution in [0.2, 0.25) is 0 Å². The minimum Gasteiger partial charge on any atom is -0.372 e. The molecule has 1 unspecified atom stereocenters. The molecule has 4 heteroatoms. The lowest BCUT2D eigenvalue weighted by molar-refractivity contribution is -0.519. The summed E-state index contributed by atoms with van der Waals surface area (Å²) in [6, 6.07) is 27.5. The van der Waals surface area contributed by atoms with Gasteiger partial charge in [0.2, 0.25) is 0 Å². The van der Waals surface area contributed by atoms with E-state index < -0.39 is 0 Å². The summed E-state index contributed by atoms with van der Waals surface area (Å²) >= 11 is 0. The highest BCUT2D eigenvalue weighted by molar-refractivity contribution is 6.01. The van der Waals surface area contributed by atoms with Crippen LogP contribution in [0.5, 0.6) is 0 Å². The summed E-state index contributed by atoms with van der Waals surface area (Å²) < 4.78 is 2.42. The molecule has 260 valence electrons. The van der Waals surface area contributed by atoms with Crippen LogP contribution >= 0.6 is 0 Å². The molecule has 0 spiro atoms. The van der Waals surface area contributed by atoms with Gasteiger partial charge in [0.25, 0.3) is 0 Å². The summed E-state index contributed by atoms with van der Waals surface area (Å²) in [6.45, 7) is 25.8. The van der Waals surface area contributed by atoms with Crippen molar-refractivity contribution in [3.8, 4) is 0 Å². The van der Waals surface area contributed by atoms with E-state index in [1.54, 1.807) is 0 Å². The van der Waals surface area contributed by atoms with E-state index in [1.807, 2.05) is 0 Å². The number of rotatable bonds is 17. The van der Waals surface area contributed by atoms with Crippen molar-refractivity contribution in [3.05, 3.63) is 132 Å². The second-order valence-corrected chi connectivity index (χ2v) is 12.6. The molecule has 0 aromatic heterocycles. The van der Waals surface area contributed by atoms with E-state index >= 15 is 0 Å². The molecule has 1 atom stereocenters. The summed E-state index contributed by atoms with van der Waals surface area (Å²) in [7, 11) is 0. The van der Waals surface area contributed by atoms with Gasteiger partial charge in [-0.15, -0.1) is 0 Å². The molecule has 3 aromatic carbocycles. The lowest BCUT2D eigenvalue weighted by atomic mass is 9.82. The Labute approximate surface area is 298 Å². The topological polar surface area (TPSA) is 12.7 Å². The van der Waals surface area contributed by atoms with Crippen molar-refractivity contribution in [2.75, 3.05) is 67.1 Å². The molecule has 0 heterocycles. The Kier molecular flexibility index (Phi) is 14.6. The molecule has 3 aromatic rings. The van der Waals surface area contributed by atoms with Crippen LogP contribution in [0.1, 0.15) is 78.0 Å². The van der Waals surface area contributed by atoms with Gasteiger partial charge in [-0.2, -0.15) is 0 Å². The Morgan fingerprint density at radius 2 is 0.959 bits per heavy atom. The average molecular weight is 658 g/mol. The molecule has 1 aliphatic rings. The smallest absolute Gasteiger partial charge is 0.199 e. The van der Waals surface area contributed by atoms with Gasteiger partial charge in [-0.1, -0.05) is 66.8 Å². The fourth-order valence-corrected chi connectivity index (χ4v) is 7.05. The van der Waals surface area contributed by atoms with E-state index in [0.29, 0.717) is 0 Å². The Balaban J connectivity index is 1.76. The summed E-state index contributed by atoms with van der Waals surface area (Å²) in [6.07, 6.45) is 16.4. The van der Waals surface area contributed by atoms with Crippen LogP contribution in [0, 0.1) is 5.92 Å². The first-order valence-corrected chi connectivity index (χ1v) is 18.9. The second kappa shape index (κ2) is 19.0. The molecule has 0 amide bonds. The average Bonchev–Trinajstić information content (AvgIpc) is 3.15. The maximum Gasteiger partial charge on any atom is 0.199 e. The molecule has 0 N–H and O–H groups in total. The zero-order chi connectivity index (χ0) is 35.2. The third kappa shape index (κ3) is 9.44. The quantitative estimate of drug-likeness (QED) is 0.106. The van der Waals surface area contributed by atoms with Gasteiger partial charge in [-0.25, -0.2) is 4.58 Å². The van der Waals surface area contributed by atoms with E-state index in [2.05, 4.69) is 190 Å². The highest BCUT2D eigenvalue weighted by Gasteiger charge is 2.21. The van der Waals surface area contributed by atoms with Gasteiger partial charge >= 0.3 is 0 Å². The zero-order valence-electron chi connectivity index (χ0n) is 31.6. The van der Waals surface area contributed by atoms with Crippen LogP contribution in [0.3, 0.4) is 0 Å². The van der Waals surface area contributed by atoms with E-state index in [9.17, 15) is 0 Å². The minimum absolute atomic E-state index is 0.212. The molecule has 0 bridgehead atoms. The van der Waals surface area contributed by atoms with Crippen molar-refractivity contribution < 1.29 is 4.58 Å². The van der Waals surface area contributed by atoms with Gasteiger partial charge in [-0.05, 0) is 114 Å². The van der Waals surface area contributed by atoms with Crippen molar-refractivity contribution >= 4 is 28.3 Å². The number of allylic oxidation sites excluding steroid dienone is 7. The lowest BCUT2D eigenvalue weighted by Crippen LogP contribution is -2.22. The van der Waals surface area contributed by atoms with Crippen molar-refractivity contribution in [1.82, 2.24) is 0 Å². The molecule has 0 aliphatic heterocycles. The minimum atomic E-state index is 0.212. The second-order valence-electron chi connectivity index (χ2n) is 12.6. The van der Waals surface area contributed by atoms with E-state index in [1.165, 1.54) is 45.0 Å². The first-order chi connectivity index (χ1) is 23.9. The predicted octanol–water partition coefficient (Wildman–Crippen LogP) is 10.2. The summed E-state index contributed by atoms with van der Waals surface area (Å²) in [5, 5.41) is 0. The van der Waals surface area contributed by atoms with Gasteiger partial charge < -0.3 is 14.7 Å². The molecule has 0 radical (unpaired) electrons. The van der Waals surface area contributed by atoms with E-state index in [0.717, 1.165) is 52.4 Å². The molecule has 0 saturated heterocycles. The third-order valence-electron chi connectivity index (χ3n) is 10.1. The number of hydrogen-bond donors (Lipinski definition) is 0. The molecule has 0 saturated carbocycles. The van der Waals surface area contributed by atoms with Crippen LogP contribution in [0.25, 0.3) is 5.57 Å². The maximum absolute atomic E-state index is 2.42. The summed E-state index contributed by atoms with van der Waals surface area (Å²) in [5.74, 6) is 0.484. The monoisotopic (exact) mass is 657 g/mol. The fourth-order valence-electron chi connectivity index (χ4n) is 7.05. The third-order valence-corrected chi connectivity index (χ3v) is 10.1. The number of nitrogens with zero attached hydrogens (tertiary/aromatic N) is 4. The first kappa shape index (κ1) is 37.5. The highest BCUT2D eigenvalue weighted by Crippen LogP contribution is 2.33. The summed E-state index contributed by atoms with van der Waals surface area (Å²) in [5.41, 5.74) is 10.1. The van der Waals surface area contributed by atoms with Crippen LogP contribution in [-0.2, 0) is 0 Å². The van der Waals surface area contributed by atoms with Crippen molar-refractivity contribution in [2.24, 2.45) is 5.92 Å². The predicted molar refractivity (Wildman–Crippen MR) is 217 cm³/mol. The fraction of sp³-hybridized carbons (Fsp3) is 0.400. The molecule has 4 rings (SSSR count). The zero-order valence-corrected chi connectivity index (χ0v) is 31.6. The lowest BCUT2D eigenvalue weighted by Gasteiger charge is -2.24. The highest BCUT2D eigenvalue weighted by atomic mass is 15.1. The largest absolute Gasteiger partial charge is 0.372 e. The molecule has 0 fully saturated rings. The van der Waals surface area contributed by atoms with Gasteiger partial charge in [0.05, 0.1) is 0 Å². The SMILES string of the molecule is CCN(CC)c1ccc(C(=CC=CC(c2ccc(N(CC)CC)cc2)C2C=CC(=[N+](CC)CC)C=C2)c2ccc(N(CC)CC)cc2)cc1. The maximum atomic E-state index is 2.42. The molecule has 49 heavy (non-hydrogen) atoms. The Morgan fingerprint density at radius 1 is 0.571 bits per heavy atom. The van der Waals surface area contributed by atoms with Gasteiger partial charge in [-0.3, -0.25) is 0 Å². The Morgan fingerprint density at radius 3 is 1.33 bits per heavy atom. The standard InChI is InChI=1S/C45H61N4/c1-9-46(10-2)40-28-20-36(21-29-40)44(37-22-30-41(31-23-37)47(11-3)12-4)18-17-19-45(38-24-32-42(33-25-38)48(13-5)14-6)39-26-34-43(35-27-39)49(15-7)16-8/h17-36,44H,9-16H2,1-8H3/q+1. The van der Waals surface area contributed by atoms with Crippen molar-refractivity contribution in [2.45, 2.75) is 61.3 Å². The van der Waals surface area contributed by atoms with Crippen LogP contribution in [0.15, 0.2) is 115 Å². The summed E-state index contributed by atoms with van der Waals surface area (Å²) in [4.78, 5) is 7.21. The van der Waals surface area contributed by atoms with Crippen molar-refractivity contribution in [1.29, 1.82) is 0 Å². The molecular weight excluding hydrogens is 597 g/mol. The van der Waals surface area contributed by atoms with Gasteiger partial charge in [0.15, 0.2) is 5.71 Å². The number of anilines is 3. The van der Waals surface area contributed by atoms with Gasteiger partial charge in [0.1, 0.15) is 13.1 Å². The number of benzene rings is 3. The van der Waals surface area contributed by atoms with E-state index in [4.69, 9.17) is 0 Å². The molecular formula is C45H61N4+. The van der Waals surface area contributed by atoms with Crippen LogP contribution in [-0.4, -0.2) is 62.6 Å². The normalized spacial score (nSPS) is 14.6. The van der Waals surface area contributed by atoms with Crippen LogP contribution < -0.4 is 14.7 Å². The first-order valence-electron chi connectivity index (χ1n) is 18.9. The molecule has 4 nitrogen and oxygen atoms in total. The molecule has 1 aliphatic carbocycles. The Hall–Kier alpha value is -4.31. The van der Waals surface area contributed by atoms with E-state index in [-0.39, 0.29) is 11.8 Å². The van der Waals surface area contributed by atoms with Crippen molar-refractivity contribution in [3.63, 3.8) is 0 Å². The Bertz CT molecular complexity index is 1500. The number of hydrogen-bond acceptors (Lipinski definition) is 3.